The smallest absolute Gasteiger partial charge is 0.407 e. The molecule has 0 radical (unpaired) electrons. The molecular weight excluding hydrogens is 365 g/mol. The van der Waals surface area contributed by atoms with Crippen LogP contribution >= 0.6 is 11.8 Å². The van der Waals surface area contributed by atoms with Gasteiger partial charge in [0.1, 0.15) is 6.10 Å². The molecule has 2 heterocycles. The highest BCUT2D eigenvalue weighted by Gasteiger charge is 2.39. The Bertz CT molecular complexity index is 761. The predicted molar refractivity (Wildman–Crippen MR) is 93.7 cm³/mol. The van der Waals surface area contributed by atoms with Crippen LogP contribution < -0.4 is 16.6 Å². The van der Waals surface area contributed by atoms with Crippen molar-refractivity contribution in [2.24, 2.45) is 0 Å². The van der Waals surface area contributed by atoms with E-state index in [1.807, 2.05) is 4.98 Å². The van der Waals surface area contributed by atoms with E-state index in [4.69, 9.17) is 4.74 Å². The van der Waals surface area contributed by atoms with Gasteiger partial charge in [-0.2, -0.15) is 4.39 Å². The van der Waals surface area contributed by atoms with Gasteiger partial charge in [-0.1, -0.05) is 19.3 Å². The zero-order valence-corrected chi connectivity index (χ0v) is 15.0. The molecule has 0 bridgehead atoms. The number of amides is 1. The Hall–Kier alpha value is -1.81. The molecule has 1 aliphatic carbocycles. The molecule has 1 saturated heterocycles. The fourth-order valence-corrected chi connectivity index (χ4v) is 4.84. The topological polar surface area (TPSA) is 113 Å². The van der Waals surface area contributed by atoms with Crippen molar-refractivity contribution in [2.75, 3.05) is 6.61 Å². The van der Waals surface area contributed by atoms with E-state index in [1.165, 1.54) is 18.2 Å². The molecule has 0 unspecified atom stereocenters. The van der Waals surface area contributed by atoms with E-state index >= 15 is 0 Å². The van der Waals surface area contributed by atoms with Gasteiger partial charge < -0.3 is 15.2 Å². The zero-order valence-electron chi connectivity index (χ0n) is 14.2. The van der Waals surface area contributed by atoms with E-state index in [-0.39, 0.29) is 19.1 Å². The largest absolute Gasteiger partial charge is 0.445 e. The number of hydrogen-bond donors (Lipinski definition) is 3. The van der Waals surface area contributed by atoms with Crippen LogP contribution in [0, 0.1) is 5.82 Å². The number of halogens is 1. The van der Waals surface area contributed by atoms with Crippen molar-refractivity contribution in [3.05, 3.63) is 32.9 Å². The third-order valence-corrected chi connectivity index (χ3v) is 6.32. The molecular formula is C16H22FN3O5S. The Morgan fingerprint density at radius 3 is 2.81 bits per heavy atom. The molecule has 2 aliphatic rings. The summed E-state index contributed by atoms with van der Waals surface area (Å²) in [4.78, 5) is 37.1. The number of carbonyl (C=O) groups is 1. The second-order valence-corrected chi connectivity index (χ2v) is 8.04. The number of thioether (sulfide) groups is 1. The van der Waals surface area contributed by atoms with Crippen molar-refractivity contribution in [3.8, 4) is 0 Å². The van der Waals surface area contributed by atoms with Gasteiger partial charge in [-0.25, -0.2) is 9.59 Å². The maximum Gasteiger partial charge on any atom is 0.407 e. The number of carbonyl (C=O) groups excluding carboxylic acids is 1. The molecule has 3 rings (SSSR count). The molecule has 1 aromatic heterocycles. The number of H-pyrrole nitrogens is 1. The van der Waals surface area contributed by atoms with Gasteiger partial charge in [-0.3, -0.25) is 14.3 Å². The molecule has 144 valence electrons. The average Bonchev–Trinajstić information content (AvgIpc) is 3.01. The van der Waals surface area contributed by atoms with E-state index < -0.39 is 39.9 Å². The Morgan fingerprint density at radius 2 is 2.12 bits per heavy atom. The van der Waals surface area contributed by atoms with Crippen molar-refractivity contribution >= 4 is 17.9 Å². The summed E-state index contributed by atoms with van der Waals surface area (Å²) in [6.07, 6.45) is 5.10. The quantitative estimate of drug-likeness (QED) is 0.713. The molecule has 3 N–H and O–H groups in total. The maximum atomic E-state index is 13.5. The molecule has 1 aliphatic heterocycles. The minimum absolute atomic E-state index is 0.101. The highest BCUT2D eigenvalue weighted by molar-refractivity contribution is 8.00. The van der Waals surface area contributed by atoms with Crippen molar-refractivity contribution in [1.82, 2.24) is 14.9 Å². The van der Waals surface area contributed by atoms with Gasteiger partial charge in [0.05, 0.1) is 23.4 Å². The number of aromatic nitrogens is 2. The molecule has 1 saturated carbocycles. The normalized spacial score (nSPS) is 26.6. The summed E-state index contributed by atoms with van der Waals surface area (Å²) in [5.41, 5.74) is -1.81. The lowest BCUT2D eigenvalue weighted by Gasteiger charge is -2.24. The number of aromatic amines is 1. The van der Waals surface area contributed by atoms with Gasteiger partial charge in [0.25, 0.3) is 5.56 Å². The zero-order chi connectivity index (χ0) is 18.7. The summed E-state index contributed by atoms with van der Waals surface area (Å²) in [5, 5.41) is 11.4. The van der Waals surface area contributed by atoms with E-state index in [1.54, 1.807) is 0 Å². The number of aliphatic hydroxyl groups is 1. The summed E-state index contributed by atoms with van der Waals surface area (Å²) in [6, 6.07) is 0.101. The number of nitrogens with zero attached hydrogens (tertiary/aromatic N) is 1. The third kappa shape index (κ3) is 4.29. The van der Waals surface area contributed by atoms with Crippen LogP contribution in [0.2, 0.25) is 0 Å². The van der Waals surface area contributed by atoms with Gasteiger partial charge >= 0.3 is 11.8 Å². The summed E-state index contributed by atoms with van der Waals surface area (Å²) >= 11 is 1.21. The Labute approximate surface area is 153 Å². The van der Waals surface area contributed by atoms with Crippen LogP contribution in [-0.2, 0) is 4.74 Å². The second kappa shape index (κ2) is 8.26. The van der Waals surface area contributed by atoms with Crippen LogP contribution in [0.25, 0.3) is 0 Å². The summed E-state index contributed by atoms with van der Waals surface area (Å²) in [5.74, 6) is -1.06. The first-order chi connectivity index (χ1) is 12.5. The van der Waals surface area contributed by atoms with Gasteiger partial charge in [0, 0.05) is 12.5 Å². The monoisotopic (exact) mass is 387 g/mol. The van der Waals surface area contributed by atoms with Crippen LogP contribution in [0.1, 0.15) is 43.9 Å². The summed E-state index contributed by atoms with van der Waals surface area (Å²) in [7, 11) is 0. The lowest BCUT2D eigenvalue weighted by atomic mass is 9.96. The Balaban J connectivity index is 1.65. The Kier molecular flexibility index (Phi) is 6.02. The van der Waals surface area contributed by atoms with Crippen LogP contribution in [0.3, 0.4) is 0 Å². The number of hydrogen-bond acceptors (Lipinski definition) is 6. The minimum atomic E-state index is -1.08. The number of ether oxygens (including phenoxy) is 1. The van der Waals surface area contributed by atoms with Crippen LogP contribution in [-0.4, -0.2) is 44.8 Å². The molecule has 1 amide bonds. The van der Waals surface area contributed by atoms with E-state index in [0.29, 0.717) is 0 Å². The first kappa shape index (κ1) is 19.0. The predicted octanol–water partition coefficient (Wildman–Crippen LogP) is 1.10. The van der Waals surface area contributed by atoms with Crippen LogP contribution in [0.5, 0.6) is 0 Å². The van der Waals surface area contributed by atoms with Crippen LogP contribution in [0.4, 0.5) is 9.18 Å². The van der Waals surface area contributed by atoms with Crippen molar-refractivity contribution in [1.29, 1.82) is 0 Å². The first-order valence-electron chi connectivity index (χ1n) is 8.72. The lowest BCUT2D eigenvalue weighted by Crippen LogP contribution is -2.40. The number of aliphatic hydroxyl groups excluding tert-OH is 1. The fraction of sp³-hybridized carbons (Fsp3) is 0.688. The van der Waals surface area contributed by atoms with Gasteiger partial charge in [-0.15, -0.1) is 11.8 Å². The first-order valence-corrected chi connectivity index (χ1v) is 9.66. The molecule has 0 spiro atoms. The highest BCUT2D eigenvalue weighted by Crippen LogP contribution is 2.42. The molecule has 8 nitrogen and oxygen atoms in total. The van der Waals surface area contributed by atoms with Crippen molar-refractivity contribution < 1.29 is 19.0 Å². The molecule has 0 aromatic carbocycles. The van der Waals surface area contributed by atoms with Gasteiger partial charge in [0.15, 0.2) is 0 Å². The molecule has 10 heteroatoms. The Morgan fingerprint density at radius 1 is 1.38 bits per heavy atom. The highest BCUT2D eigenvalue weighted by atomic mass is 32.2. The van der Waals surface area contributed by atoms with Gasteiger partial charge in [-0.05, 0) is 12.8 Å². The third-order valence-electron chi connectivity index (χ3n) is 4.78. The van der Waals surface area contributed by atoms with Crippen molar-refractivity contribution in [2.45, 2.75) is 61.3 Å². The fourth-order valence-electron chi connectivity index (χ4n) is 3.42. The molecule has 1 aromatic rings. The summed E-state index contributed by atoms with van der Waals surface area (Å²) in [6.45, 7) is -0.247. The molecule has 26 heavy (non-hydrogen) atoms. The van der Waals surface area contributed by atoms with Gasteiger partial charge in [0.2, 0.25) is 5.82 Å². The van der Waals surface area contributed by atoms with Crippen molar-refractivity contribution in [3.63, 3.8) is 0 Å². The van der Waals surface area contributed by atoms with E-state index in [2.05, 4.69) is 5.32 Å². The minimum Gasteiger partial charge on any atom is -0.445 e. The van der Waals surface area contributed by atoms with E-state index in [0.717, 1.165) is 36.4 Å². The number of rotatable bonds is 4. The SMILES string of the molecule is O=C(NC1CCCCC1)O[C@H]1C[C@H](n2cc(F)c(=O)[nH]c2=O)S[C@@H]1CO. The van der Waals surface area contributed by atoms with Crippen LogP contribution in [0.15, 0.2) is 15.8 Å². The number of nitrogens with one attached hydrogen (secondary N) is 2. The molecule has 2 fully saturated rings. The number of alkyl carbamates (subject to hydrolysis) is 1. The maximum absolute atomic E-state index is 13.5. The standard InChI is InChI=1S/C16H22FN3O5S/c17-10-7-20(15(23)19-14(10)22)13-6-11(12(8-21)26-13)25-16(24)18-9-4-2-1-3-5-9/h7,9,11-13,21H,1-6,8H2,(H,18,24)(H,19,22,23)/t11-,12+,13+/m0/s1. The average molecular weight is 387 g/mol. The lowest BCUT2D eigenvalue weighted by molar-refractivity contribution is 0.0789. The molecule has 3 atom stereocenters. The van der Waals surface area contributed by atoms with E-state index in [9.17, 15) is 23.9 Å². The second-order valence-electron chi connectivity index (χ2n) is 6.61. The summed E-state index contributed by atoms with van der Waals surface area (Å²) < 4.78 is 20.0.